The molecule has 1 unspecified atom stereocenters. The number of carbonyl (C=O) groups is 2. The maximum atomic E-state index is 11.7. The summed E-state index contributed by atoms with van der Waals surface area (Å²) in [5.74, 6) is 0.0828. The molecule has 1 atom stereocenters. The number of benzene rings is 1. The number of urea groups is 1. The van der Waals surface area contributed by atoms with E-state index in [1.54, 1.807) is 13.0 Å². The summed E-state index contributed by atoms with van der Waals surface area (Å²) in [4.78, 5) is 22.7. The Morgan fingerprint density at radius 3 is 2.68 bits per heavy atom. The molecule has 1 aromatic rings. The van der Waals surface area contributed by atoms with Crippen LogP contribution in [0.5, 0.6) is 5.75 Å². The normalized spacial score (nSPS) is 11.6. The Hall–Kier alpha value is -2.08. The summed E-state index contributed by atoms with van der Waals surface area (Å²) in [5.41, 5.74) is 7.37. The predicted octanol–water partition coefficient (Wildman–Crippen LogP) is 0.677. The molecule has 0 aliphatic heterocycles. The zero-order chi connectivity index (χ0) is 14.4. The van der Waals surface area contributed by atoms with Gasteiger partial charge < -0.3 is 15.8 Å². The predicted molar refractivity (Wildman–Crippen MR) is 71.8 cm³/mol. The quantitative estimate of drug-likeness (QED) is 0.746. The second-order valence-corrected chi connectivity index (χ2v) is 4.13. The van der Waals surface area contributed by atoms with Crippen molar-refractivity contribution in [1.29, 1.82) is 0 Å². The minimum absolute atomic E-state index is 0.398. The van der Waals surface area contributed by atoms with Crippen LogP contribution in [0.2, 0.25) is 0 Å². The van der Waals surface area contributed by atoms with Gasteiger partial charge in [0.05, 0.1) is 0 Å². The third kappa shape index (κ3) is 4.26. The van der Waals surface area contributed by atoms with Crippen LogP contribution in [0.1, 0.15) is 18.1 Å². The molecule has 1 rings (SSSR count). The van der Waals surface area contributed by atoms with Crippen molar-refractivity contribution in [3.05, 3.63) is 29.3 Å². The van der Waals surface area contributed by atoms with Gasteiger partial charge in [-0.1, -0.05) is 12.1 Å². The minimum Gasteiger partial charge on any atom is -0.481 e. The van der Waals surface area contributed by atoms with Gasteiger partial charge in [-0.3, -0.25) is 10.1 Å². The summed E-state index contributed by atoms with van der Waals surface area (Å²) in [5, 5.41) is 4.46. The van der Waals surface area contributed by atoms with Gasteiger partial charge in [0.1, 0.15) is 5.75 Å². The molecule has 0 fully saturated rings. The first-order valence-corrected chi connectivity index (χ1v) is 5.96. The first kappa shape index (κ1) is 15.0. The molecule has 0 aromatic heterocycles. The molecule has 0 bridgehead atoms. The van der Waals surface area contributed by atoms with Gasteiger partial charge >= 0.3 is 6.03 Å². The summed E-state index contributed by atoms with van der Waals surface area (Å²) in [7, 11) is 1.43. The van der Waals surface area contributed by atoms with Crippen LogP contribution < -0.4 is 21.1 Å². The van der Waals surface area contributed by atoms with Crippen molar-refractivity contribution >= 4 is 11.9 Å². The second kappa shape index (κ2) is 6.75. The second-order valence-electron chi connectivity index (χ2n) is 4.13. The summed E-state index contributed by atoms with van der Waals surface area (Å²) in [6.07, 6.45) is -0.774. The third-order valence-corrected chi connectivity index (χ3v) is 2.63. The molecule has 3 amide bonds. The molecule has 1 aromatic carbocycles. The maximum absolute atomic E-state index is 11.7. The Bertz CT molecular complexity index is 474. The number of hydrogen-bond acceptors (Lipinski definition) is 4. The van der Waals surface area contributed by atoms with Crippen molar-refractivity contribution < 1.29 is 14.3 Å². The number of ether oxygens (including phenoxy) is 1. The number of amides is 3. The van der Waals surface area contributed by atoms with Crippen LogP contribution in [0.15, 0.2) is 18.2 Å². The average Bonchev–Trinajstić information content (AvgIpc) is 2.40. The van der Waals surface area contributed by atoms with Crippen molar-refractivity contribution in [3.8, 4) is 5.75 Å². The summed E-state index contributed by atoms with van der Waals surface area (Å²) in [6, 6.07) is 5.00. The standard InChI is InChI=1S/C13H19N3O3/c1-8-4-5-10(7-14)6-11(8)19-9(2)12(17)16-13(18)15-3/h4-6,9H,7,14H2,1-3H3,(H2,15,16,17,18). The van der Waals surface area contributed by atoms with E-state index in [2.05, 4.69) is 10.6 Å². The van der Waals surface area contributed by atoms with Crippen molar-refractivity contribution in [2.24, 2.45) is 5.73 Å². The number of aryl methyl sites for hydroxylation is 1. The molecule has 0 saturated carbocycles. The van der Waals surface area contributed by atoms with Crippen molar-refractivity contribution in [1.82, 2.24) is 10.6 Å². The van der Waals surface area contributed by atoms with Gasteiger partial charge in [0.15, 0.2) is 6.10 Å². The highest BCUT2D eigenvalue weighted by atomic mass is 16.5. The highest BCUT2D eigenvalue weighted by Gasteiger charge is 2.17. The lowest BCUT2D eigenvalue weighted by Crippen LogP contribution is -2.44. The fraction of sp³-hybridized carbons (Fsp3) is 0.385. The molecule has 19 heavy (non-hydrogen) atoms. The van der Waals surface area contributed by atoms with Crippen LogP contribution in [0.4, 0.5) is 4.79 Å². The lowest BCUT2D eigenvalue weighted by molar-refractivity contribution is -0.126. The Balaban J connectivity index is 2.73. The lowest BCUT2D eigenvalue weighted by atomic mass is 10.1. The first-order chi connectivity index (χ1) is 8.97. The lowest BCUT2D eigenvalue weighted by Gasteiger charge is -2.16. The van der Waals surface area contributed by atoms with Crippen molar-refractivity contribution in [2.45, 2.75) is 26.5 Å². The van der Waals surface area contributed by atoms with Crippen LogP contribution in [-0.2, 0) is 11.3 Å². The topological polar surface area (TPSA) is 93.5 Å². The van der Waals surface area contributed by atoms with Crippen LogP contribution in [0, 0.1) is 6.92 Å². The molecule has 0 heterocycles. The van der Waals surface area contributed by atoms with Crippen LogP contribution in [0.3, 0.4) is 0 Å². The zero-order valence-corrected chi connectivity index (χ0v) is 11.3. The van der Waals surface area contributed by atoms with E-state index in [0.717, 1.165) is 11.1 Å². The van der Waals surface area contributed by atoms with Gasteiger partial charge in [0.2, 0.25) is 0 Å². The van der Waals surface area contributed by atoms with E-state index < -0.39 is 18.0 Å². The largest absolute Gasteiger partial charge is 0.481 e. The van der Waals surface area contributed by atoms with E-state index in [1.807, 2.05) is 19.1 Å². The smallest absolute Gasteiger partial charge is 0.321 e. The third-order valence-electron chi connectivity index (χ3n) is 2.63. The molecule has 0 aliphatic rings. The number of carbonyl (C=O) groups excluding carboxylic acids is 2. The molecule has 0 aliphatic carbocycles. The number of imide groups is 1. The van der Waals surface area contributed by atoms with E-state index in [-0.39, 0.29) is 0 Å². The molecule has 104 valence electrons. The Morgan fingerprint density at radius 2 is 2.11 bits per heavy atom. The van der Waals surface area contributed by atoms with Gasteiger partial charge in [-0.15, -0.1) is 0 Å². The first-order valence-electron chi connectivity index (χ1n) is 5.96. The van der Waals surface area contributed by atoms with Gasteiger partial charge in [0.25, 0.3) is 5.91 Å². The number of rotatable bonds is 4. The Morgan fingerprint density at radius 1 is 1.42 bits per heavy atom. The molecule has 0 spiro atoms. The zero-order valence-electron chi connectivity index (χ0n) is 11.3. The van der Waals surface area contributed by atoms with Gasteiger partial charge in [0, 0.05) is 13.6 Å². The van der Waals surface area contributed by atoms with E-state index in [0.29, 0.717) is 12.3 Å². The van der Waals surface area contributed by atoms with Gasteiger partial charge in [-0.25, -0.2) is 4.79 Å². The molecule has 4 N–H and O–H groups in total. The summed E-state index contributed by atoms with van der Waals surface area (Å²) < 4.78 is 5.55. The van der Waals surface area contributed by atoms with Gasteiger partial charge in [-0.2, -0.15) is 0 Å². The van der Waals surface area contributed by atoms with E-state index in [9.17, 15) is 9.59 Å². The van der Waals surface area contributed by atoms with E-state index in [4.69, 9.17) is 10.5 Å². The molecule has 0 saturated heterocycles. The van der Waals surface area contributed by atoms with Crippen LogP contribution >= 0.6 is 0 Å². The Kier molecular flexibility index (Phi) is 5.32. The Labute approximate surface area is 112 Å². The molecular weight excluding hydrogens is 246 g/mol. The number of nitrogens with one attached hydrogen (secondary N) is 2. The fourth-order valence-electron chi connectivity index (χ4n) is 1.42. The molecule has 0 radical (unpaired) electrons. The summed E-state index contributed by atoms with van der Waals surface area (Å²) in [6.45, 7) is 3.85. The maximum Gasteiger partial charge on any atom is 0.321 e. The van der Waals surface area contributed by atoms with Gasteiger partial charge in [-0.05, 0) is 31.0 Å². The van der Waals surface area contributed by atoms with Crippen molar-refractivity contribution in [3.63, 3.8) is 0 Å². The average molecular weight is 265 g/mol. The number of nitrogens with two attached hydrogens (primary N) is 1. The molecule has 6 nitrogen and oxygen atoms in total. The number of hydrogen-bond donors (Lipinski definition) is 3. The summed E-state index contributed by atoms with van der Waals surface area (Å²) >= 11 is 0. The fourth-order valence-corrected chi connectivity index (χ4v) is 1.42. The SMILES string of the molecule is CNC(=O)NC(=O)C(C)Oc1cc(CN)ccc1C. The van der Waals surface area contributed by atoms with Crippen LogP contribution in [-0.4, -0.2) is 25.1 Å². The molecule has 6 heteroatoms. The highest BCUT2D eigenvalue weighted by Crippen LogP contribution is 2.20. The highest BCUT2D eigenvalue weighted by molar-refractivity contribution is 5.96. The van der Waals surface area contributed by atoms with Crippen LogP contribution in [0.25, 0.3) is 0 Å². The van der Waals surface area contributed by atoms with Crippen molar-refractivity contribution in [2.75, 3.05) is 7.05 Å². The van der Waals surface area contributed by atoms with E-state index >= 15 is 0 Å². The monoisotopic (exact) mass is 265 g/mol. The van der Waals surface area contributed by atoms with E-state index in [1.165, 1.54) is 7.05 Å². The minimum atomic E-state index is -0.774. The molecular formula is C13H19N3O3.